The van der Waals surface area contributed by atoms with Crippen LogP contribution in [0.5, 0.6) is 0 Å². The van der Waals surface area contributed by atoms with Gasteiger partial charge in [0, 0.05) is 17.4 Å². The third kappa shape index (κ3) is 1.58. The summed E-state index contributed by atoms with van der Waals surface area (Å²) in [6.45, 7) is 6.05. The minimum absolute atomic E-state index is 0.0154. The van der Waals surface area contributed by atoms with Gasteiger partial charge in [-0.1, -0.05) is 44.2 Å². The fourth-order valence-corrected chi connectivity index (χ4v) is 5.37. The van der Waals surface area contributed by atoms with Crippen molar-refractivity contribution >= 4 is 5.91 Å². The number of benzene rings is 1. The van der Waals surface area contributed by atoms with E-state index in [1.54, 1.807) is 0 Å². The van der Waals surface area contributed by atoms with Crippen LogP contribution in [0.3, 0.4) is 0 Å². The van der Waals surface area contributed by atoms with Crippen LogP contribution in [0, 0.1) is 16.7 Å². The summed E-state index contributed by atoms with van der Waals surface area (Å²) in [5.74, 6) is 0.781. The van der Waals surface area contributed by atoms with E-state index in [1.807, 2.05) is 18.2 Å². The Labute approximate surface area is 132 Å². The van der Waals surface area contributed by atoms with Gasteiger partial charge in [0.25, 0.3) is 5.91 Å². The Morgan fingerprint density at radius 3 is 2.77 bits per heavy atom. The van der Waals surface area contributed by atoms with E-state index >= 15 is 0 Å². The van der Waals surface area contributed by atoms with Crippen molar-refractivity contribution < 1.29 is 9.53 Å². The molecule has 3 heteroatoms. The summed E-state index contributed by atoms with van der Waals surface area (Å²) in [6, 6.07) is 10.3. The maximum atomic E-state index is 12.9. The molecule has 0 spiro atoms. The number of hydrogen-bond donors (Lipinski definition) is 1. The van der Waals surface area contributed by atoms with E-state index in [9.17, 15) is 4.79 Å². The number of amides is 1. The predicted octanol–water partition coefficient (Wildman–Crippen LogP) is 2.94. The molecule has 4 atom stereocenters. The van der Waals surface area contributed by atoms with Crippen LogP contribution in [-0.2, 0) is 16.0 Å². The first-order valence-corrected chi connectivity index (χ1v) is 8.48. The van der Waals surface area contributed by atoms with Gasteiger partial charge in [-0.15, -0.1) is 0 Å². The molecule has 22 heavy (non-hydrogen) atoms. The number of rotatable bonds is 4. The number of hydrogen-bond acceptors (Lipinski definition) is 2. The molecule has 3 nitrogen and oxygen atoms in total. The summed E-state index contributed by atoms with van der Waals surface area (Å²) in [4.78, 5) is 12.9. The van der Waals surface area contributed by atoms with Gasteiger partial charge in [0.15, 0.2) is 5.60 Å². The Morgan fingerprint density at radius 2 is 2.09 bits per heavy atom. The van der Waals surface area contributed by atoms with Gasteiger partial charge in [-0.25, -0.2) is 0 Å². The van der Waals surface area contributed by atoms with Gasteiger partial charge in [-0.05, 0) is 37.2 Å². The average Bonchev–Trinajstić information content (AvgIpc) is 3.00. The average molecular weight is 299 g/mol. The predicted molar refractivity (Wildman–Crippen MR) is 85.4 cm³/mol. The van der Waals surface area contributed by atoms with E-state index in [-0.39, 0.29) is 16.7 Å². The van der Waals surface area contributed by atoms with Gasteiger partial charge in [0.2, 0.25) is 0 Å². The summed E-state index contributed by atoms with van der Waals surface area (Å²) in [5, 5.41) is 3.15. The molecule has 4 rings (SSSR count). The zero-order valence-electron chi connectivity index (χ0n) is 13.5. The number of carbonyl (C=O) groups is 1. The maximum absolute atomic E-state index is 12.9. The Morgan fingerprint density at radius 1 is 1.32 bits per heavy atom. The highest BCUT2D eigenvalue weighted by Crippen LogP contribution is 2.74. The van der Waals surface area contributed by atoms with E-state index in [2.05, 4.69) is 31.3 Å². The van der Waals surface area contributed by atoms with Crippen LogP contribution < -0.4 is 5.32 Å². The third-order valence-corrected chi connectivity index (χ3v) is 7.11. The lowest BCUT2D eigenvalue weighted by molar-refractivity contribution is -0.155. The molecular weight excluding hydrogens is 274 g/mol. The van der Waals surface area contributed by atoms with Gasteiger partial charge >= 0.3 is 0 Å². The third-order valence-electron chi connectivity index (χ3n) is 7.11. The van der Waals surface area contributed by atoms with Crippen molar-refractivity contribution in [2.45, 2.75) is 45.1 Å². The molecule has 1 aliphatic heterocycles. The molecule has 1 aromatic rings. The van der Waals surface area contributed by atoms with E-state index < -0.39 is 5.60 Å². The monoisotopic (exact) mass is 299 g/mol. The molecule has 0 aromatic heterocycles. The first kappa shape index (κ1) is 14.3. The lowest BCUT2D eigenvalue weighted by Gasteiger charge is -2.40. The normalized spacial score (nSPS) is 41.8. The van der Waals surface area contributed by atoms with Gasteiger partial charge < -0.3 is 10.1 Å². The van der Waals surface area contributed by atoms with Crippen molar-refractivity contribution in [2.75, 3.05) is 13.2 Å². The van der Waals surface area contributed by atoms with E-state index in [1.165, 1.54) is 12.0 Å². The van der Waals surface area contributed by atoms with Crippen molar-refractivity contribution in [1.82, 2.24) is 5.32 Å². The van der Waals surface area contributed by atoms with E-state index in [0.29, 0.717) is 12.5 Å². The van der Waals surface area contributed by atoms with Crippen LogP contribution in [0.1, 0.15) is 38.7 Å². The maximum Gasteiger partial charge on any atom is 0.252 e. The first-order valence-electron chi connectivity index (χ1n) is 8.48. The second-order valence-corrected chi connectivity index (χ2v) is 7.80. The molecule has 1 N–H and O–H groups in total. The molecule has 1 aromatic carbocycles. The lowest BCUT2D eigenvalue weighted by Crippen LogP contribution is -2.55. The van der Waals surface area contributed by atoms with Crippen molar-refractivity contribution in [1.29, 1.82) is 0 Å². The molecule has 0 radical (unpaired) electrons. The smallest absolute Gasteiger partial charge is 0.252 e. The highest BCUT2D eigenvalue weighted by atomic mass is 16.5. The van der Waals surface area contributed by atoms with E-state index in [4.69, 9.17) is 4.74 Å². The van der Waals surface area contributed by atoms with Crippen LogP contribution in [-0.4, -0.2) is 24.7 Å². The van der Waals surface area contributed by atoms with Crippen molar-refractivity contribution in [3.05, 3.63) is 35.9 Å². The summed E-state index contributed by atoms with van der Waals surface area (Å²) in [5.41, 5.74) is 0.906. The van der Waals surface area contributed by atoms with Crippen LogP contribution >= 0.6 is 0 Å². The van der Waals surface area contributed by atoms with Gasteiger partial charge in [-0.3, -0.25) is 4.79 Å². The minimum Gasteiger partial charge on any atom is -0.364 e. The Balaban J connectivity index is 1.45. The van der Waals surface area contributed by atoms with Gasteiger partial charge in [0.1, 0.15) is 0 Å². The number of carbonyl (C=O) groups excluding carboxylic acids is 1. The molecule has 1 saturated heterocycles. The Hall–Kier alpha value is -1.35. The highest BCUT2D eigenvalue weighted by Gasteiger charge is 2.78. The quantitative estimate of drug-likeness (QED) is 0.928. The molecular formula is C19H25NO2. The SMILES string of the molecule is C[C@@]12CC[C@@H]3C[C@@]1(C(=O)NCCc1ccccc1)OC[C@]32C. The zero-order chi connectivity index (χ0) is 15.4. The van der Waals surface area contributed by atoms with Crippen LogP contribution in [0.4, 0.5) is 0 Å². The molecule has 2 saturated carbocycles. The second kappa shape index (κ2) is 4.58. The molecule has 2 aliphatic carbocycles. The molecule has 1 amide bonds. The Bertz CT molecular complexity index is 601. The van der Waals surface area contributed by atoms with Crippen LogP contribution in [0.2, 0.25) is 0 Å². The van der Waals surface area contributed by atoms with Gasteiger partial charge in [0.05, 0.1) is 6.61 Å². The number of ether oxygens (including phenoxy) is 1. The molecule has 3 fully saturated rings. The fraction of sp³-hybridized carbons (Fsp3) is 0.632. The van der Waals surface area contributed by atoms with Crippen molar-refractivity contribution in [3.8, 4) is 0 Å². The van der Waals surface area contributed by atoms with Crippen LogP contribution in [0.15, 0.2) is 30.3 Å². The highest BCUT2D eigenvalue weighted by molar-refractivity contribution is 5.88. The first-order chi connectivity index (χ1) is 10.5. The summed E-state index contributed by atoms with van der Waals surface area (Å²) in [7, 11) is 0. The van der Waals surface area contributed by atoms with E-state index in [0.717, 1.165) is 25.9 Å². The summed E-state index contributed by atoms with van der Waals surface area (Å²) >= 11 is 0. The summed E-state index contributed by atoms with van der Waals surface area (Å²) < 4.78 is 6.13. The second-order valence-electron chi connectivity index (χ2n) is 7.80. The Kier molecular flexibility index (Phi) is 2.96. The molecule has 3 aliphatic rings. The molecule has 118 valence electrons. The largest absolute Gasteiger partial charge is 0.364 e. The summed E-state index contributed by atoms with van der Waals surface area (Å²) in [6.07, 6.45) is 4.17. The van der Waals surface area contributed by atoms with Crippen LogP contribution in [0.25, 0.3) is 0 Å². The molecule has 1 heterocycles. The topological polar surface area (TPSA) is 38.3 Å². The lowest BCUT2D eigenvalue weighted by atomic mass is 9.66. The van der Waals surface area contributed by atoms with Crippen molar-refractivity contribution in [3.63, 3.8) is 0 Å². The van der Waals surface area contributed by atoms with Gasteiger partial charge in [-0.2, -0.15) is 0 Å². The number of nitrogens with one attached hydrogen (secondary N) is 1. The van der Waals surface area contributed by atoms with Crippen molar-refractivity contribution in [2.24, 2.45) is 16.7 Å². The zero-order valence-corrected chi connectivity index (χ0v) is 13.5. The molecule has 4 bridgehead atoms. The fourth-order valence-electron chi connectivity index (χ4n) is 5.37. The minimum atomic E-state index is -0.568. The standard InChI is InChI=1S/C19H25NO2/c1-17-13-22-19(12-15(17)8-10-18(17,19)2)16(21)20-11-9-14-6-4-3-5-7-14/h3-7,15H,8-13H2,1-2H3,(H,20,21)/t15-,17-,18+,19+/m1/s1. The molecule has 0 unspecified atom stereocenters.